The summed E-state index contributed by atoms with van der Waals surface area (Å²) < 4.78 is 4.80. The number of hydrogen-bond acceptors (Lipinski definition) is 2. The van der Waals surface area contributed by atoms with Gasteiger partial charge in [0.2, 0.25) is 0 Å². The van der Waals surface area contributed by atoms with Gasteiger partial charge >= 0.3 is 5.97 Å². The van der Waals surface area contributed by atoms with Gasteiger partial charge in [0.1, 0.15) is 6.61 Å². The van der Waals surface area contributed by atoms with E-state index in [1.807, 2.05) is 18.2 Å². The Bertz CT molecular complexity index is 1050. The topological polar surface area (TPSA) is 46.5 Å². The number of aliphatic carboxylic acids is 1. The Morgan fingerprint density at radius 2 is 1.69 bits per heavy atom. The van der Waals surface area contributed by atoms with Gasteiger partial charge < -0.3 is 9.84 Å². The lowest BCUT2D eigenvalue weighted by Crippen LogP contribution is -2.02. The summed E-state index contributed by atoms with van der Waals surface area (Å²) in [5.74, 6) is -0.981. The molecule has 3 heteroatoms. The monoisotopic (exact) mass is 386 g/mol. The first-order valence-electron chi connectivity index (χ1n) is 9.91. The summed E-state index contributed by atoms with van der Waals surface area (Å²) in [6.07, 6.45) is 13.5. The van der Waals surface area contributed by atoms with Crippen LogP contribution in [0.5, 0.6) is 0 Å². The van der Waals surface area contributed by atoms with Crippen LogP contribution in [0.25, 0.3) is 21.5 Å². The van der Waals surface area contributed by atoms with E-state index in [9.17, 15) is 4.79 Å². The van der Waals surface area contributed by atoms with Crippen LogP contribution in [0.1, 0.15) is 24.0 Å². The highest BCUT2D eigenvalue weighted by molar-refractivity contribution is 6.08. The lowest BCUT2D eigenvalue weighted by atomic mass is 9.86. The van der Waals surface area contributed by atoms with Gasteiger partial charge in [-0.2, -0.15) is 0 Å². The van der Waals surface area contributed by atoms with E-state index in [1.54, 1.807) is 17.4 Å². The molecule has 1 heterocycles. The molecule has 29 heavy (non-hydrogen) atoms. The minimum absolute atomic E-state index is 0.733. The fourth-order valence-electron chi connectivity index (χ4n) is 3.69. The third-order valence-corrected chi connectivity index (χ3v) is 5.05. The standard InChI is InChI=1S/C18H16.C5H6O.C3H4O2/c1-3-7-15-13(5-1)9-11-18-16-8-4-2-6-14(16)10-12-17(15)18;1-2-4-6-5-3-1;1-2-3(4)5/h1,3,5,7,9-12H,2,4,6,8H2;1-4H,5H2;2H,1H2,(H,4,5). The molecule has 0 saturated heterocycles. The highest BCUT2D eigenvalue weighted by Crippen LogP contribution is 2.33. The highest BCUT2D eigenvalue weighted by Gasteiger charge is 2.13. The van der Waals surface area contributed by atoms with Crippen LogP contribution in [-0.2, 0) is 22.4 Å². The number of fused-ring (bicyclic) bond motifs is 5. The molecule has 1 aliphatic heterocycles. The summed E-state index contributed by atoms with van der Waals surface area (Å²) in [5.41, 5.74) is 3.17. The fraction of sp³-hybridized carbons (Fsp3) is 0.192. The Hall–Kier alpha value is -3.33. The third-order valence-electron chi connectivity index (χ3n) is 5.05. The molecule has 3 nitrogen and oxygen atoms in total. The predicted octanol–water partition coefficient (Wildman–Crippen LogP) is 6.22. The minimum Gasteiger partial charge on any atom is -0.497 e. The van der Waals surface area contributed by atoms with Crippen molar-refractivity contribution < 1.29 is 14.6 Å². The molecule has 0 unspecified atom stereocenters. The molecule has 0 atom stereocenters. The summed E-state index contributed by atoms with van der Waals surface area (Å²) in [4.78, 5) is 9.25. The first kappa shape index (κ1) is 20.4. The lowest BCUT2D eigenvalue weighted by molar-refractivity contribution is -0.131. The summed E-state index contributed by atoms with van der Waals surface area (Å²) in [6, 6.07) is 18.0. The maximum atomic E-state index is 9.25. The molecule has 0 spiro atoms. The average Bonchev–Trinajstić information content (AvgIpc) is 2.80. The van der Waals surface area contributed by atoms with Crippen molar-refractivity contribution in [1.82, 2.24) is 0 Å². The molecule has 0 radical (unpaired) electrons. The molecule has 0 fully saturated rings. The van der Waals surface area contributed by atoms with Crippen molar-refractivity contribution in [2.24, 2.45) is 0 Å². The number of benzene rings is 3. The minimum atomic E-state index is -0.981. The molecule has 0 bridgehead atoms. The largest absolute Gasteiger partial charge is 0.497 e. The molecule has 5 rings (SSSR count). The number of hydrogen-bond donors (Lipinski definition) is 1. The zero-order valence-corrected chi connectivity index (χ0v) is 16.5. The van der Waals surface area contributed by atoms with Gasteiger partial charge in [-0.05, 0) is 70.5 Å². The Balaban J connectivity index is 0.000000181. The van der Waals surface area contributed by atoms with Crippen LogP contribution >= 0.6 is 0 Å². The van der Waals surface area contributed by atoms with Gasteiger partial charge in [0.15, 0.2) is 0 Å². The second-order valence-corrected chi connectivity index (χ2v) is 6.92. The van der Waals surface area contributed by atoms with Crippen LogP contribution in [0.4, 0.5) is 0 Å². The van der Waals surface area contributed by atoms with Crippen molar-refractivity contribution in [2.45, 2.75) is 25.7 Å². The lowest BCUT2D eigenvalue weighted by Gasteiger charge is -2.18. The van der Waals surface area contributed by atoms with Crippen molar-refractivity contribution >= 4 is 27.5 Å². The summed E-state index contributed by atoms with van der Waals surface area (Å²) in [7, 11) is 0. The van der Waals surface area contributed by atoms with Crippen LogP contribution < -0.4 is 0 Å². The van der Waals surface area contributed by atoms with Crippen molar-refractivity contribution in [1.29, 1.82) is 0 Å². The van der Waals surface area contributed by atoms with Crippen LogP contribution in [-0.4, -0.2) is 17.7 Å². The third kappa shape index (κ3) is 5.35. The molecule has 3 aromatic carbocycles. The molecule has 148 valence electrons. The number of aryl methyl sites for hydroxylation is 2. The van der Waals surface area contributed by atoms with Crippen molar-refractivity contribution in [3.05, 3.63) is 96.8 Å². The molecule has 2 aliphatic rings. The number of rotatable bonds is 1. The first-order chi connectivity index (χ1) is 14.2. The van der Waals surface area contributed by atoms with E-state index in [0.29, 0.717) is 0 Å². The van der Waals surface area contributed by atoms with Gasteiger partial charge in [-0.15, -0.1) is 0 Å². The predicted molar refractivity (Wildman–Crippen MR) is 120 cm³/mol. The Morgan fingerprint density at radius 1 is 0.931 bits per heavy atom. The number of allylic oxidation sites excluding steroid dienone is 2. The normalized spacial score (nSPS) is 13.9. The quantitative estimate of drug-likeness (QED) is 0.399. The number of ether oxygens (including phenoxy) is 1. The van der Waals surface area contributed by atoms with Gasteiger partial charge in [0, 0.05) is 6.08 Å². The zero-order chi connectivity index (χ0) is 20.5. The zero-order valence-electron chi connectivity index (χ0n) is 16.5. The van der Waals surface area contributed by atoms with E-state index in [4.69, 9.17) is 9.84 Å². The molecular weight excluding hydrogens is 360 g/mol. The molecule has 3 aromatic rings. The molecule has 0 amide bonds. The molecular formula is C26H26O3. The van der Waals surface area contributed by atoms with E-state index in [0.717, 1.165) is 12.7 Å². The second kappa shape index (κ2) is 10.3. The number of carboxylic acids is 1. The summed E-state index contributed by atoms with van der Waals surface area (Å²) in [6.45, 7) is 3.69. The van der Waals surface area contributed by atoms with Crippen LogP contribution in [0.3, 0.4) is 0 Å². The van der Waals surface area contributed by atoms with Crippen molar-refractivity contribution in [3.8, 4) is 0 Å². The smallest absolute Gasteiger partial charge is 0.327 e. The fourth-order valence-corrected chi connectivity index (χ4v) is 3.69. The maximum Gasteiger partial charge on any atom is 0.327 e. The average molecular weight is 386 g/mol. The van der Waals surface area contributed by atoms with Gasteiger partial charge in [0.05, 0.1) is 6.26 Å². The Labute approximate surface area is 171 Å². The van der Waals surface area contributed by atoms with Crippen molar-refractivity contribution in [2.75, 3.05) is 6.61 Å². The molecule has 0 saturated carbocycles. The van der Waals surface area contributed by atoms with Gasteiger partial charge in [-0.1, -0.05) is 61.2 Å². The van der Waals surface area contributed by atoms with E-state index >= 15 is 0 Å². The molecule has 1 N–H and O–H groups in total. The second-order valence-electron chi connectivity index (χ2n) is 6.92. The SMILES string of the molecule is C1=CCOC=C1.C=CC(=O)O.c1ccc2c(c1)ccc1c3c(ccc12)CCCC3. The first-order valence-corrected chi connectivity index (χ1v) is 9.91. The van der Waals surface area contributed by atoms with Gasteiger partial charge in [-0.25, -0.2) is 4.79 Å². The molecule has 0 aromatic heterocycles. The highest BCUT2D eigenvalue weighted by atomic mass is 16.5. The summed E-state index contributed by atoms with van der Waals surface area (Å²) in [5, 5.41) is 13.2. The van der Waals surface area contributed by atoms with E-state index < -0.39 is 5.97 Å². The van der Waals surface area contributed by atoms with Gasteiger partial charge in [0.25, 0.3) is 0 Å². The van der Waals surface area contributed by atoms with Crippen LogP contribution in [0.15, 0.2) is 85.7 Å². The Morgan fingerprint density at radius 3 is 2.34 bits per heavy atom. The van der Waals surface area contributed by atoms with Crippen LogP contribution in [0.2, 0.25) is 0 Å². The summed E-state index contributed by atoms with van der Waals surface area (Å²) >= 11 is 0. The van der Waals surface area contributed by atoms with Gasteiger partial charge in [-0.3, -0.25) is 0 Å². The van der Waals surface area contributed by atoms with E-state index in [-0.39, 0.29) is 0 Å². The van der Waals surface area contributed by atoms with Crippen molar-refractivity contribution in [3.63, 3.8) is 0 Å². The van der Waals surface area contributed by atoms with E-state index in [1.165, 1.54) is 47.2 Å². The Kier molecular flexibility index (Phi) is 7.23. The number of carbonyl (C=O) groups is 1. The molecule has 1 aliphatic carbocycles. The van der Waals surface area contributed by atoms with E-state index in [2.05, 4.69) is 55.1 Å². The maximum absolute atomic E-state index is 9.25. The number of carboxylic acid groups (broad SMARTS) is 1. The van der Waals surface area contributed by atoms with Crippen LogP contribution in [0, 0.1) is 0 Å².